The molecule has 0 unspecified atom stereocenters. The molecule has 2 aromatic heterocycles. The van der Waals surface area contributed by atoms with Gasteiger partial charge in [0.2, 0.25) is 0 Å². The van der Waals surface area contributed by atoms with Gasteiger partial charge in [0, 0.05) is 16.0 Å². The topological polar surface area (TPSA) is 45.2 Å². The van der Waals surface area contributed by atoms with Crippen LogP contribution < -0.4 is 0 Å². The summed E-state index contributed by atoms with van der Waals surface area (Å²) in [6.45, 7) is 6.97. The second-order valence-electron chi connectivity index (χ2n) is 3.57. The lowest BCUT2D eigenvalue weighted by atomic mass is 10.2. The van der Waals surface area contributed by atoms with Crippen LogP contribution in [0.2, 0.25) is 0 Å². The van der Waals surface area contributed by atoms with Crippen molar-refractivity contribution in [3.05, 3.63) is 39.0 Å². The fourth-order valence-electron chi connectivity index (χ4n) is 1.97. The zero-order valence-electron chi connectivity index (χ0n) is 8.48. The van der Waals surface area contributed by atoms with Crippen LogP contribution in [0.5, 0.6) is 0 Å². The zero-order chi connectivity index (χ0) is 12.0. The van der Waals surface area contributed by atoms with E-state index in [9.17, 15) is 4.79 Å². The first-order chi connectivity index (χ1) is 8.26. The number of allylic oxidation sites excluding steroid dienone is 2. The molecule has 0 aliphatic heterocycles. The molecule has 1 aliphatic carbocycles. The Morgan fingerprint density at radius 3 is 3.12 bits per heavy atom. The van der Waals surface area contributed by atoms with E-state index in [1.54, 1.807) is 0 Å². The van der Waals surface area contributed by atoms with Gasteiger partial charge in [-0.15, -0.1) is 22.7 Å². The Balaban J connectivity index is 2.39. The Bertz CT molecular complexity index is 749. The first-order valence-corrected chi connectivity index (χ1v) is 6.50. The highest BCUT2D eigenvalue weighted by molar-refractivity contribution is 7.28. The first-order valence-electron chi connectivity index (χ1n) is 4.80. The third-order valence-corrected chi connectivity index (χ3v) is 4.96. The third kappa shape index (κ3) is 1.27. The molecule has 1 aliphatic rings. The molecule has 0 fully saturated rings. The van der Waals surface area contributed by atoms with Crippen LogP contribution in [-0.2, 0) is 0 Å². The standard InChI is InChI=1S/C12H4N2OS2/c1-14-7(5-13)6-4-8(15)10-11(6)17-9-2-3-16-12(9)10/h2-3H,4H2/b7-6+. The number of thiophene rings is 2. The largest absolute Gasteiger partial charge is 0.294 e. The Morgan fingerprint density at radius 1 is 1.59 bits per heavy atom. The predicted octanol–water partition coefficient (Wildman–Crippen LogP) is 3.70. The first kappa shape index (κ1) is 10.2. The summed E-state index contributed by atoms with van der Waals surface area (Å²) < 4.78 is 2.06. The maximum absolute atomic E-state index is 12.0. The predicted molar refractivity (Wildman–Crippen MR) is 67.8 cm³/mol. The van der Waals surface area contributed by atoms with E-state index in [1.165, 1.54) is 22.7 Å². The van der Waals surface area contributed by atoms with Crippen molar-refractivity contribution < 1.29 is 4.79 Å². The molecule has 0 saturated heterocycles. The summed E-state index contributed by atoms with van der Waals surface area (Å²) in [7, 11) is 0. The van der Waals surface area contributed by atoms with Crippen LogP contribution in [0.15, 0.2) is 17.1 Å². The fraction of sp³-hybridized carbons (Fsp3) is 0.0833. The SMILES string of the molecule is [C-]#[N+]/C(C#N)=C1\CC(=O)c2c1sc1ccsc21. The van der Waals surface area contributed by atoms with Crippen LogP contribution in [0.25, 0.3) is 19.8 Å². The highest BCUT2D eigenvalue weighted by Gasteiger charge is 2.31. The number of ketones is 1. The number of rotatable bonds is 0. The van der Waals surface area contributed by atoms with Gasteiger partial charge in [0.1, 0.15) is 0 Å². The average molecular weight is 256 g/mol. The molecule has 17 heavy (non-hydrogen) atoms. The van der Waals surface area contributed by atoms with Gasteiger partial charge in [-0.25, -0.2) is 10.1 Å². The van der Waals surface area contributed by atoms with E-state index in [-0.39, 0.29) is 17.9 Å². The molecule has 3 rings (SSSR count). The van der Waals surface area contributed by atoms with Crippen molar-refractivity contribution in [3.8, 4) is 6.07 Å². The number of hydrogen-bond acceptors (Lipinski definition) is 4. The number of nitrogens with zero attached hydrogens (tertiary/aromatic N) is 2. The van der Waals surface area contributed by atoms with Gasteiger partial charge >= 0.3 is 0 Å². The molecule has 2 heterocycles. The maximum Gasteiger partial charge on any atom is 0.266 e. The normalized spacial score (nSPS) is 16.7. The van der Waals surface area contributed by atoms with Crippen molar-refractivity contribution in [1.82, 2.24) is 0 Å². The van der Waals surface area contributed by atoms with Gasteiger partial charge in [-0.3, -0.25) is 4.79 Å². The fourth-order valence-corrected chi connectivity index (χ4v) is 4.41. The number of fused-ring (bicyclic) bond motifs is 3. The van der Waals surface area contributed by atoms with Gasteiger partial charge in [0.25, 0.3) is 5.70 Å². The molecule has 3 nitrogen and oxygen atoms in total. The van der Waals surface area contributed by atoms with Gasteiger partial charge in [-0.1, -0.05) is 0 Å². The van der Waals surface area contributed by atoms with Crippen molar-refractivity contribution in [2.45, 2.75) is 6.42 Å². The number of Topliss-reactive ketones (excluding diaryl/α,β-unsaturated/α-hetero) is 1. The number of nitriles is 1. The van der Waals surface area contributed by atoms with E-state index < -0.39 is 0 Å². The summed E-state index contributed by atoms with van der Waals surface area (Å²) in [4.78, 5) is 16.0. The summed E-state index contributed by atoms with van der Waals surface area (Å²) in [5, 5.41) is 10.9. The highest BCUT2D eigenvalue weighted by atomic mass is 32.1. The molecule has 0 N–H and O–H groups in total. The highest BCUT2D eigenvalue weighted by Crippen LogP contribution is 2.46. The molecule has 2 aromatic rings. The average Bonchev–Trinajstić information content (AvgIpc) is 2.93. The van der Waals surface area contributed by atoms with Crippen molar-refractivity contribution in [2.24, 2.45) is 0 Å². The minimum atomic E-state index is 0.0279. The monoisotopic (exact) mass is 256 g/mol. The van der Waals surface area contributed by atoms with Crippen LogP contribution in [0, 0.1) is 17.9 Å². The van der Waals surface area contributed by atoms with E-state index >= 15 is 0 Å². The van der Waals surface area contributed by atoms with Gasteiger partial charge in [0.05, 0.1) is 22.9 Å². The van der Waals surface area contributed by atoms with E-state index in [4.69, 9.17) is 11.8 Å². The second kappa shape index (κ2) is 3.53. The molecule has 0 amide bonds. The lowest BCUT2D eigenvalue weighted by molar-refractivity contribution is 0.101. The lowest BCUT2D eigenvalue weighted by Crippen LogP contribution is -1.88. The Labute approximate surface area is 105 Å². The summed E-state index contributed by atoms with van der Waals surface area (Å²) >= 11 is 3.04. The molecule has 5 heteroatoms. The summed E-state index contributed by atoms with van der Waals surface area (Å²) in [5.74, 6) is 0.0279. The van der Waals surface area contributed by atoms with E-state index in [0.29, 0.717) is 11.1 Å². The minimum absolute atomic E-state index is 0.0279. The second-order valence-corrected chi connectivity index (χ2v) is 5.54. The lowest BCUT2D eigenvalue weighted by Gasteiger charge is -1.93. The van der Waals surface area contributed by atoms with E-state index in [0.717, 1.165) is 14.3 Å². The smallest absolute Gasteiger partial charge is 0.266 e. The van der Waals surface area contributed by atoms with Crippen LogP contribution in [0.3, 0.4) is 0 Å². The van der Waals surface area contributed by atoms with Gasteiger partial charge in [-0.05, 0) is 17.0 Å². The number of hydrogen-bond donors (Lipinski definition) is 0. The van der Waals surface area contributed by atoms with Crippen molar-refractivity contribution in [2.75, 3.05) is 0 Å². The molecular weight excluding hydrogens is 252 g/mol. The van der Waals surface area contributed by atoms with E-state index in [1.807, 2.05) is 17.5 Å². The molecule has 0 aromatic carbocycles. The molecule has 0 saturated carbocycles. The Morgan fingerprint density at radius 2 is 2.41 bits per heavy atom. The van der Waals surface area contributed by atoms with Crippen molar-refractivity contribution in [3.63, 3.8) is 0 Å². The summed E-state index contributed by atoms with van der Waals surface area (Å²) in [6, 6.07) is 3.84. The summed E-state index contributed by atoms with van der Waals surface area (Å²) in [6.07, 6.45) is 0.195. The van der Waals surface area contributed by atoms with Crippen LogP contribution in [0.1, 0.15) is 21.7 Å². The molecule has 0 atom stereocenters. The Kier molecular flexibility index (Phi) is 2.12. The Hall–Kier alpha value is -1.95. The van der Waals surface area contributed by atoms with Crippen molar-refractivity contribution >= 4 is 43.4 Å². The van der Waals surface area contributed by atoms with Crippen LogP contribution in [0.4, 0.5) is 0 Å². The van der Waals surface area contributed by atoms with Gasteiger partial charge in [-0.2, -0.15) is 0 Å². The quantitative estimate of drug-likeness (QED) is 0.533. The molecule has 80 valence electrons. The van der Waals surface area contributed by atoms with Gasteiger partial charge < -0.3 is 0 Å². The molecular formula is C12H4N2OS2. The van der Waals surface area contributed by atoms with Gasteiger partial charge in [0.15, 0.2) is 5.78 Å². The van der Waals surface area contributed by atoms with E-state index in [2.05, 4.69) is 4.85 Å². The van der Waals surface area contributed by atoms with Crippen LogP contribution in [-0.4, -0.2) is 5.78 Å². The minimum Gasteiger partial charge on any atom is -0.294 e. The zero-order valence-corrected chi connectivity index (χ0v) is 10.1. The molecule has 0 bridgehead atoms. The van der Waals surface area contributed by atoms with Crippen LogP contribution >= 0.6 is 22.7 Å². The number of carbonyl (C=O) groups is 1. The number of carbonyl (C=O) groups excluding carboxylic acids is 1. The van der Waals surface area contributed by atoms with Crippen molar-refractivity contribution in [1.29, 1.82) is 5.26 Å². The summed E-state index contributed by atoms with van der Waals surface area (Å²) in [5.41, 5.74) is 1.37. The third-order valence-electron chi connectivity index (χ3n) is 2.69. The maximum atomic E-state index is 12.0. The molecule has 0 spiro atoms. The molecule has 0 radical (unpaired) electrons.